The van der Waals surface area contributed by atoms with Crippen LogP contribution in [0.3, 0.4) is 0 Å². The number of urea groups is 1. The van der Waals surface area contributed by atoms with Crippen LogP contribution in [-0.4, -0.2) is 41.9 Å². The summed E-state index contributed by atoms with van der Waals surface area (Å²) in [5, 5.41) is 2.67. The molecule has 0 radical (unpaired) electrons. The summed E-state index contributed by atoms with van der Waals surface area (Å²) in [6.07, 6.45) is 1.39. The first-order valence-corrected chi connectivity index (χ1v) is 7.97. The quantitative estimate of drug-likeness (QED) is 0.857. The van der Waals surface area contributed by atoms with E-state index in [2.05, 4.69) is 5.32 Å². The highest BCUT2D eigenvalue weighted by Crippen LogP contribution is 2.27. The lowest BCUT2D eigenvalue weighted by Crippen LogP contribution is -2.43. The van der Waals surface area contributed by atoms with E-state index in [1.54, 1.807) is 4.90 Å². The summed E-state index contributed by atoms with van der Waals surface area (Å²) >= 11 is 0. The number of carbonyl (C=O) groups is 3. The first kappa shape index (κ1) is 15.5. The number of nitrogens with zero attached hydrogens (tertiary/aromatic N) is 2. The number of nitrogens with one attached hydrogen (secondary N) is 1. The van der Waals surface area contributed by atoms with Crippen molar-refractivity contribution < 1.29 is 14.4 Å². The summed E-state index contributed by atoms with van der Waals surface area (Å²) in [5.41, 5.74) is 2.00. The monoisotopic (exact) mass is 315 g/mol. The molecule has 0 aliphatic carbocycles. The molecule has 23 heavy (non-hydrogen) atoms. The number of amides is 4. The number of anilines is 1. The van der Waals surface area contributed by atoms with Crippen LogP contribution in [0.1, 0.15) is 25.8 Å². The van der Waals surface area contributed by atoms with Crippen molar-refractivity contribution in [1.29, 1.82) is 0 Å². The molecule has 2 aliphatic rings. The fourth-order valence-electron chi connectivity index (χ4n) is 3.18. The van der Waals surface area contributed by atoms with E-state index in [1.165, 1.54) is 0 Å². The van der Waals surface area contributed by atoms with Crippen molar-refractivity contribution in [3.63, 3.8) is 0 Å². The lowest BCUT2D eigenvalue weighted by atomic mass is 10.0. The van der Waals surface area contributed by atoms with Crippen LogP contribution in [-0.2, 0) is 16.0 Å². The fourth-order valence-corrected chi connectivity index (χ4v) is 3.18. The summed E-state index contributed by atoms with van der Waals surface area (Å²) < 4.78 is 0. The molecule has 0 bridgehead atoms. The molecule has 122 valence electrons. The first-order chi connectivity index (χ1) is 11.0. The first-order valence-electron chi connectivity index (χ1n) is 7.97. The van der Waals surface area contributed by atoms with Gasteiger partial charge in [0.1, 0.15) is 12.6 Å². The van der Waals surface area contributed by atoms with Gasteiger partial charge in [-0.1, -0.05) is 32.0 Å². The molecule has 6 nitrogen and oxygen atoms in total. The molecule has 3 rings (SSSR count). The smallest absolute Gasteiger partial charge is 0.325 e. The Hall–Kier alpha value is -2.37. The molecule has 1 aromatic carbocycles. The molecule has 2 heterocycles. The maximum Gasteiger partial charge on any atom is 0.325 e. The van der Waals surface area contributed by atoms with Crippen molar-refractivity contribution in [2.45, 2.75) is 32.7 Å². The third kappa shape index (κ3) is 2.93. The zero-order valence-corrected chi connectivity index (χ0v) is 13.4. The lowest BCUT2D eigenvalue weighted by Gasteiger charge is -2.20. The summed E-state index contributed by atoms with van der Waals surface area (Å²) in [6, 6.07) is 6.74. The van der Waals surface area contributed by atoms with E-state index in [9.17, 15) is 14.4 Å². The van der Waals surface area contributed by atoms with Gasteiger partial charge in [0.15, 0.2) is 0 Å². The van der Waals surface area contributed by atoms with Gasteiger partial charge >= 0.3 is 6.03 Å². The van der Waals surface area contributed by atoms with Gasteiger partial charge in [0.2, 0.25) is 5.91 Å². The molecule has 1 atom stereocenters. The Bertz CT molecular complexity index is 656. The van der Waals surface area contributed by atoms with Crippen molar-refractivity contribution in [1.82, 2.24) is 10.2 Å². The van der Waals surface area contributed by atoms with Crippen LogP contribution in [0.5, 0.6) is 0 Å². The molecule has 6 heteroatoms. The Morgan fingerprint density at radius 2 is 2.04 bits per heavy atom. The summed E-state index contributed by atoms with van der Waals surface area (Å²) in [5.74, 6) is -0.224. The maximum atomic E-state index is 12.5. The standard InChI is InChI=1S/C17H21N3O3/c1-11(2)9-13-16(22)20(17(23)18-13)10-15(21)19-8-7-12-5-3-4-6-14(12)19/h3-6,11,13H,7-10H2,1-2H3,(H,18,23). The summed E-state index contributed by atoms with van der Waals surface area (Å²) in [4.78, 5) is 39.5. The predicted molar refractivity (Wildman–Crippen MR) is 86.0 cm³/mol. The second-order valence-electron chi connectivity index (χ2n) is 6.48. The number of para-hydroxylation sites is 1. The van der Waals surface area contributed by atoms with Gasteiger partial charge in [-0.2, -0.15) is 0 Å². The van der Waals surface area contributed by atoms with Gasteiger partial charge in [0.25, 0.3) is 5.91 Å². The highest BCUT2D eigenvalue weighted by molar-refractivity contribution is 6.08. The molecule has 0 aromatic heterocycles. The number of hydrogen-bond acceptors (Lipinski definition) is 3. The Morgan fingerprint density at radius 3 is 2.78 bits per heavy atom. The molecule has 1 saturated heterocycles. The van der Waals surface area contributed by atoms with Crippen LogP contribution in [0.25, 0.3) is 0 Å². The summed E-state index contributed by atoms with van der Waals surface area (Å²) in [6.45, 7) is 4.38. The summed E-state index contributed by atoms with van der Waals surface area (Å²) in [7, 11) is 0. The van der Waals surface area contributed by atoms with Crippen LogP contribution in [0.2, 0.25) is 0 Å². The van der Waals surface area contributed by atoms with E-state index >= 15 is 0 Å². The second kappa shape index (κ2) is 6.02. The predicted octanol–water partition coefficient (Wildman–Crippen LogP) is 1.54. The molecule has 1 unspecified atom stereocenters. The van der Waals surface area contributed by atoms with Crippen molar-refractivity contribution in [3.05, 3.63) is 29.8 Å². The highest BCUT2D eigenvalue weighted by Gasteiger charge is 2.40. The van der Waals surface area contributed by atoms with Crippen LogP contribution in [0.15, 0.2) is 24.3 Å². The Kier molecular flexibility index (Phi) is 4.07. The van der Waals surface area contributed by atoms with Gasteiger partial charge in [0.05, 0.1) is 0 Å². The van der Waals surface area contributed by atoms with Crippen LogP contribution >= 0.6 is 0 Å². The number of carbonyl (C=O) groups excluding carboxylic acids is 3. The third-order valence-electron chi connectivity index (χ3n) is 4.30. The fraction of sp³-hybridized carbons (Fsp3) is 0.471. The van der Waals surface area contributed by atoms with E-state index in [1.807, 2.05) is 38.1 Å². The van der Waals surface area contributed by atoms with Gasteiger partial charge in [0, 0.05) is 12.2 Å². The SMILES string of the molecule is CC(C)CC1NC(=O)N(CC(=O)N2CCc3ccccc32)C1=O. The van der Waals surface area contributed by atoms with E-state index < -0.39 is 12.1 Å². The zero-order chi connectivity index (χ0) is 16.6. The van der Waals surface area contributed by atoms with E-state index in [-0.39, 0.29) is 18.4 Å². The molecule has 0 saturated carbocycles. The van der Waals surface area contributed by atoms with Crippen LogP contribution in [0, 0.1) is 5.92 Å². The van der Waals surface area contributed by atoms with Crippen molar-refractivity contribution in [2.75, 3.05) is 18.0 Å². The molecule has 4 amide bonds. The van der Waals surface area contributed by atoms with Gasteiger partial charge in [-0.3, -0.25) is 14.5 Å². The minimum absolute atomic E-state index is 0.201. The van der Waals surface area contributed by atoms with Gasteiger partial charge in [-0.25, -0.2) is 4.79 Å². The molecule has 2 aliphatic heterocycles. The minimum Gasteiger partial charge on any atom is -0.326 e. The van der Waals surface area contributed by atoms with E-state index in [0.717, 1.165) is 22.6 Å². The van der Waals surface area contributed by atoms with E-state index in [4.69, 9.17) is 0 Å². The molecule has 1 N–H and O–H groups in total. The number of fused-ring (bicyclic) bond motifs is 1. The highest BCUT2D eigenvalue weighted by atomic mass is 16.2. The number of rotatable bonds is 4. The van der Waals surface area contributed by atoms with Crippen molar-refractivity contribution in [3.8, 4) is 0 Å². The van der Waals surface area contributed by atoms with Crippen LogP contribution < -0.4 is 10.2 Å². The van der Waals surface area contributed by atoms with Crippen molar-refractivity contribution >= 4 is 23.5 Å². The largest absolute Gasteiger partial charge is 0.326 e. The Labute approximate surface area is 135 Å². The Morgan fingerprint density at radius 1 is 1.30 bits per heavy atom. The minimum atomic E-state index is -0.513. The zero-order valence-electron chi connectivity index (χ0n) is 13.4. The molecular weight excluding hydrogens is 294 g/mol. The molecule has 1 aromatic rings. The van der Waals surface area contributed by atoms with E-state index in [0.29, 0.717) is 18.9 Å². The number of hydrogen-bond donors (Lipinski definition) is 1. The number of imide groups is 1. The third-order valence-corrected chi connectivity index (χ3v) is 4.30. The normalized spacial score (nSPS) is 20.2. The topological polar surface area (TPSA) is 69.7 Å². The number of benzene rings is 1. The second-order valence-corrected chi connectivity index (χ2v) is 6.48. The average molecular weight is 315 g/mol. The molecule has 0 spiro atoms. The van der Waals surface area contributed by atoms with Gasteiger partial charge < -0.3 is 10.2 Å². The average Bonchev–Trinajstić information content (AvgIpc) is 3.04. The lowest BCUT2D eigenvalue weighted by molar-refractivity contribution is -0.131. The molecular formula is C17H21N3O3. The van der Waals surface area contributed by atoms with Gasteiger partial charge in [-0.15, -0.1) is 0 Å². The Balaban J connectivity index is 1.69. The van der Waals surface area contributed by atoms with Crippen molar-refractivity contribution in [2.24, 2.45) is 5.92 Å². The van der Waals surface area contributed by atoms with Crippen LogP contribution in [0.4, 0.5) is 10.5 Å². The van der Waals surface area contributed by atoms with Gasteiger partial charge in [-0.05, 0) is 30.4 Å². The maximum absolute atomic E-state index is 12.5. The molecule has 1 fully saturated rings.